The van der Waals surface area contributed by atoms with E-state index in [4.69, 9.17) is 0 Å². The highest BCUT2D eigenvalue weighted by Gasteiger charge is 2.18. The van der Waals surface area contributed by atoms with Crippen LogP contribution in [0.3, 0.4) is 0 Å². The van der Waals surface area contributed by atoms with E-state index in [0.29, 0.717) is 0 Å². The van der Waals surface area contributed by atoms with Crippen LogP contribution in [0.15, 0.2) is 29.3 Å². The minimum absolute atomic E-state index is 0.719. The Labute approximate surface area is 181 Å². The molecular formula is C24H38N6. The standard InChI is InChI=1S/C24H38N6/c1-18-23(19(2)30(5)28-18)16-27-24(25-3)26-15-20-11-9-10-12-21(20)17-29(4)22-13-7-6-8-14-22/h9-12,22H,6-8,13-17H2,1-5H3,(H2,25,26,27). The van der Waals surface area contributed by atoms with Crippen molar-refractivity contribution < 1.29 is 0 Å². The molecule has 1 heterocycles. The number of nitrogens with one attached hydrogen (secondary N) is 2. The number of rotatable bonds is 7. The third-order valence-corrected chi connectivity index (χ3v) is 6.50. The second-order valence-electron chi connectivity index (χ2n) is 8.53. The van der Waals surface area contributed by atoms with Crippen LogP contribution in [0, 0.1) is 13.8 Å². The van der Waals surface area contributed by atoms with Crippen molar-refractivity contribution in [3.05, 3.63) is 52.3 Å². The van der Waals surface area contributed by atoms with E-state index in [-0.39, 0.29) is 0 Å². The molecular weight excluding hydrogens is 372 g/mol. The van der Waals surface area contributed by atoms with Crippen LogP contribution in [0.2, 0.25) is 0 Å². The van der Waals surface area contributed by atoms with E-state index in [1.165, 1.54) is 54.5 Å². The van der Waals surface area contributed by atoms with Gasteiger partial charge in [0, 0.05) is 51.0 Å². The Morgan fingerprint density at radius 2 is 1.77 bits per heavy atom. The first-order chi connectivity index (χ1) is 14.5. The van der Waals surface area contributed by atoms with Gasteiger partial charge in [0.05, 0.1) is 5.69 Å². The number of benzene rings is 1. The molecule has 1 aromatic carbocycles. The summed E-state index contributed by atoms with van der Waals surface area (Å²) in [5.74, 6) is 0.813. The van der Waals surface area contributed by atoms with Crippen LogP contribution in [0.5, 0.6) is 0 Å². The number of aromatic nitrogens is 2. The number of guanidine groups is 1. The molecule has 0 saturated heterocycles. The Hall–Kier alpha value is -2.34. The van der Waals surface area contributed by atoms with Crippen molar-refractivity contribution in [3.63, 3.8) is 0 Å². The van der Waals surface area contributed by atoms with Crippen molar-refractivity contribution in [1.29, 1.82) is 0 Å². The fourth-order valence-electron chi connectivity index (χ4n) is 4.45. The fourth-order valence-corrected chi connectivity index (χ4v) is 4.45. The maximum atomic E-state index is 4.50. The maximum Gasteiger partial charge on any atom is 0.191 e. The highest BCUT2D eigenvalue weighted by Crippen LogP contribution is 2.23. The van der Waals surface area contributed by atoms with Crippen molar-refractivity contribution >= 4 is 5.96 Å². The first-order valence-corrected chi connectivity index (χ1v) is 11.2. The van der Waals surface area contributed by atoms with E-state index >= 15 is 0 Å². The van der Waals surface area contributed by atoms with Crippen LogP contribution >= 0.6 is 0 Å². The Balaban J connectivity index is 1.57. The van der Waals surface area contributed by atoms with E-state index in [1.807, 2.05) is 18.8 Å². The Morgan fingerprint density at radius 3 is 2.40 bits per heavy atom. The Morgan fingerprint density at radius 1 is 1.10 bits per heavy atom. The van der Waals surface area contributed by atoms with E-state index in [2.05, 4.69) is 70.8 Å². The van der Waals surface area contributed by atoms with E-state index in [9.17, 15) is 0 Å². The van der Waals surface area contributed by atoms with Gasteiger partial charge in [-0.2, -0.15) is 5.10 Å². The lowest BCUT2D eigenvalue weighted by molar-refractivity contribution is 0.184. The summed E-state index contributed by atoms with van der Waals surface area (Å²) in [6.07, 6.45) is 6.81. The van der Waals surface area contributed by atoms with Gasteiger partial charge in [-0.15, -0.1) is 0 Å². The second-order valence-corrected chi connectivity index (χ2v) is 8.53. The number of hydrogen-bond acceptors (Lipinski definition) is 3. The lowest BCUT2D eigenvalue weighted by Gasteiger charge is -2.31. The third kappa shape index (κ3) is 5.63. The van der Waals surface area contributed by atoms with E-state index < -0.39 is 0 Å². The quantitative estimate of drug-likeness (QED) is 0.540. The summed E-state index contributed by atoms with van der Waals surface area (Å²) in [5, 5.41) is 11.4. The third-order valence-electron chi connectivity index (χ3n) is 6.50. The zero-order chi connectivity index (χ0) is 21.5. The molecule has 1 aromatic heterocycles. The Kier molecular flexibility index (Phi) is 7.91. The molecule has 0 atom stereocenters. The summed E-state index contributed by atoms with van der Waals surface area (Å²) >= 11 is 0. The molecule has 1 aliphatic carbocycles. The molecule has 1 aliphatic rings. The molecule has 0 amide bonds. The van der Waals surface area contributed by atoms with Gasteiger partial charge in [0.15, 0.2) is 5.96 Å². The number of hydrogen-bond donors (Lipinski definition) is 2. The molecule has 2 aromatic rings. The van der Waals surface area contributed by atoms with Gasteiger partial charge in [0.1, 0.15) is 0 Å². The molecule has 1 saturated carbocycles. The van der Waals surface area contributed by atoms with Crippen molar-refractivity contribution in [3.8, 4) is 0 Å². The Bertz CT molecular complexity index is 847. The average Bonchev–Trinajstić information content (AvgIpc) is 3.01. The topological polar surface area (TPSA) is 57.5 Å². The predicted molar refractivity (Wildman–Crippen MR) is 125 cm³/mol. The summed E-state index contributed by atoms with van der Waals surface area (Å²) in [4.78, 5) is 6.95. The van der Waals surface area contributed by atoms with Gasteiger partial charge in [-0.05, 0) is 44.9 Å². The highest BCUT2D eigenvalue weighted by molar-refractivity contribution is 5.79. The molecule has 1 fully saturated rings. The van der Waals surface area contributed by atoms with Gasteiger partial charge >= 0.3 is 0 Å². The average molecular weight is 411 g/mol. The van der Waals surface area contributed by atoms with Crippen LogP contribution in [0.25, 0.3) is 0 Å². The van der Waals surface area contributed by atoms with Crippen molar-refractivity contribution in [2.75, 3.05) is 14.1 Å². The summed E-state index contributed by atoms with van der Waals surface area (Å²) in [6, 6.07) is 9.48. The lowest BCUT2D eigenvalue weighted by Crippen LogP contribution is -2.37. The zero-order valence-corrected chi connectivity index (χ0v) is 19.3. The van der Waals surface area contributed by atoms with E-state index in [0.717, 1.165) is 37.3 Å². The molecule has 164 valence electrons. The van der Waals surface area contributed by atoms with Gasteiger partial charge in [-0.1, -0.05) is 43.5 Å². The van der Waals surface area contributed by atoms with Crippen LogP contribution in [-0.4, -0.2) is 40.8 Å². The summed E-state index contributed by atoms with van der Waals surface area (Å²) in [6.45, 7) is 6.64. The van der Waals surface area contributed by atoms with Crippen molar-refractivity contribution in [1.82, 2.24) is 25.3 Å². The minimum Gasteiger partial charge on any atom is -0.352 e. The predicted octanol–water partition coefficient (Wildman–Crippen LogP) is 3.67. The monoisotopic (exact) mass is 410 g/mol. The molecule has 0 bridgehead atoms. The summed E-state index contributed by atoms with van der Waals surface area (Å²) in [7, 11) is 6.08. The number of aliphatic imine (C=N–C) groups is 1. The zero-order valence-electron chi connectivity index (χ0n) is 19.3. The van der Waals surface area contributed by atoms with Crippen molar-refractivity contribution in [2.45, 2.75) is 71.6 Å². The van der Waals surface area contributed by atoms with Gasteiger partial charge in [-0.25, -0.2) is 0 Å². The van der Waals surface area contributed by atoms with Crippen LogP contribution in [0.4, 0.5) is 0 Å². The summed E-state index contributed by atoms with van der Waals surface area (Å²) < 4.78 is 1.93. The van der Waals surface area contributed by atoms with Crippen LogP contribution < -0.4 is 10.6 Å². The summed E-state index contributed by atoms with van der Waals surface area (Å²) in [5.41, 5.74) is 6.21. The molecule has 2 N–H and O–H groups in total. The van der Waals surface area contributed by atoms with Gasteiger partial charge in [0.2, 0.25) is 0 Å². The van der Waals surface area contributed by atoms with Gasteiger partial charge < -0.3 is 10.6 Å². The molecule has 6 heteroatoms. The largest absolute Gasteiger partial charge is 0.352 e. The van der Waals surface area contributed by atoms with Gasteiger partial charge in [0.25, 0.3) is 0 Å². The molecule has 0 spiro atoms. The SMILES string of the molecule is CN=C(NCc1ccccc1CN(C)C1CCCCC1)NCc1c(C)nn(C)c1C. The molecule has 0 aliphatic heterocycles. The number of aryl methyl sites for hydroxylation is 2. The highest BCUT2D eigenvalue weighted by atomic mass is 15.3. The number of nitrogens with zero attached hydrogens (tertiary/aromatic N) is 4. The molecule has 0 radical (unpaired) electrons. The lowest BCUT2D eigenvalue weighted by atomic mass is 9.94. The molecule has 3 rings (SSSR count). The minimum atomic E-state index is 0.719. The smallest absolute Gasteiger partial charge is 0.191 e. The second kappa shape index (κ2) is 10.6. The maximum absolute atomic E-state index is 4.50. The van der Waals surface area contributed by atoms with Gasteiger partial charge in [-0.3, -0.25) is 14.6 Å². The molecule has 0 unspecified atom stereocenters. The first-order valence-electron chi connectivity index (χ1n) is 11.2. The fraction of sp³-hybridized carbons (Fsp3) is 0.583. The van der Waals surface area contributed by atoms with Crippen LogP contribution in [0.1, 0.15) is 60.2 Å². The normalized spacial score (nSPS) is 15.6. The van der Waals surface area contributed by atoms with E-state index in [1.54, 1.807) is 0 Å². The van der Waals surface area contributed by atoms with Crippen molar-refractivity contribution in [2.24, 2.45) is 12.0 Å². The first kappa shape index (κ1) is 22.3. The van der Waals surface area contributed by atoms with Crippen LogP contribution in [-0.2, 0) is 26.7 Å². The molecule has 6 nitrogen and oxygen atoms in total. The molecule has 30 heavy (non-hydrogen) atoms.